The highest BCUT2D eigenvalue weighted by Gasteiger charge is 2.30. The number of ether oxygens (including phenoxy) is 2. The number of para-hydroxylation sites is 2. The number of hydrogen-bond donors (Lipinski definition) is 2. The first-order valence-electron chi connectivity index (χ1n) is 9.18. The summed E-state index contributed by atoms with van der Waals surface area (Å²) >= 11 is 0. The van der Waals surface area contributed by atoms with Gasteiger partial charge in [0.2, 0.25) is 11.8 Å². The van der Waals surface area contributed by atoms with Gasteiger partial charge in [0.25, 0.3) is 5.91 Å². The lowest BCUT2D eigenvalue weighted by molar-refractivity contribution is -0.125. The summed E-state index contributed by atoms with van der Waals surface area (Å²) in [6.07, 6.45) is 0.441. The van der Waals surface area contributed by atoms with E-state index in [1.807, 2.05) is 24.3 Å². The molecule has 2 unspecified atom stereocenters. The topological polar surface area (TPSA) is 93.7 Å². The minimum absolute atomic E-state index is 0.206. The van der Waals surface area contributed by atoms with Gasteiger partial charge in [-0.25, -0.2) is 0 Å². The standard InChI is InChI=1S/C21H20N2O5/c24-19-10-15(21(26)23-19)9-13-5-7-14(8-6-13)20(25)22-11-16-12-27-17-3-1-2-4-18(17)28-16/h1-8,15-16H,9-12H2,(H,22,25)(H,23,24,26). The number of imide groups is 1. The lowest BCUT2D eigenvalue weighted by Gasteiger charge is -2.26. The Kier molecular flexibility index (Phi) is 4.97. The SMILES string of the molecule is O=C1CC(Cc2ccc(C(=O)NCC3COc4ccccc4O3)cc2)C(=O)N1. The molecule has 144 valence electrons. The Bertz CT molecular complexity index is 909. The zero-order valence-corrected chi connectivity index (χ0v) is 15.1. The molecular weight excluding hydrogens is 360 g/mol. The van der Waals surface area contributed by atoms with Crippen LogP contribution in [0.4, 0.5) is 0 Å². The van der Waals surface area contributed by atoms with Crippen molar-refractivity contribution >= 4 is 17.7 Å². The summed E-state index contributed by atoms with van der Waals surface area (Å²) in [4.78, 5) is 35.3. The molecule has 1 saturated heterocycles. The van der Waals surface area contributed by atoms with Gasteiger partial charge in [-0.2, -0.15) is 0 Å². The monoisotopic (exact) mass is 380 g/mol. The zero-order valence-electron chi connectivity index (χ0n) is 15.1. The van der Waals surface area contributed by atoms with Gasteiger partial charge in [0.1, 0.15) is 12.7 Å². The Balaban J connectivity index is 1.29. The fourth-order valence-electron chi connectivity index (χ4n) is 3.32. The Morgan fingerprint density at radius 3 is 2.54 bits per heavy atom. The van der Waals surface area contributed by atoms with Gasteiger partial charge in [-0.3, -0.25) is 19.7 Å². The predicted octanol–water partition coefficient (Wildman–Crippen LogP) is 1.46. The molecular formula is C21H20N2O5. The number of nitrogens with one attached hydrogen (secondary N) is 2. The van der Waals surface area contributed by atoms with Crippen molar-refractivity contribution in [1.29, 1.82) is 0 Å². The Labute approximate surface area is 162 Å². The van der Waals surface area contributed by atoms with Crippen molar-refractivity contribution < 1.29 is 23.9 Å². The lowest BCUT2D eigenvalue weighted by Crippen LogP contribution is -2.40. The predicted molar refractivity (Wildman–Crippen MR) is 100 cm³/mol. The molecule has 2 heterocycles. The van der Waals surface area contributed by atoms with Crippen molar-refractivity contribution in [3.05, 3.63) is 59.7 Å². The Morgan fingerprint density at radius 2 is 1.82 bits per heavy atom. The molecule has 0 aliphatic carbocycles. The van der Waals surface area contributed by atoms with Crippen LogP contribution < -0.4 is 20.1 Å². The van der Waals surface area contributed by atoms with Crippen LogP contribution in [0.1, 0.15) is 22.3 Å². The van der Waals surface area contributed by atoms with Crippen LogP contribution in [0.2, 0.25) is 0 Å². The van der Waals surface area contributed by atoms with E-state index in [2.05, 4.69) is 10.6 Å². The van der Waals surface area contributed by atoms with E-state index < -0.39 is 0 Å². The van der Waals surface area contributed by atoms with Crippen LogP contribution in [-0.4, -0.2) is 37.0 Å². The molecule has 7 nitrogen and oxygen atoms in total. The second kappa shape index (κ2) is 7.72. The largest absolute Gasteiger partial charge is 0.486 e. The molecule has 0 bridgehead atoms. The van der Waals surface area contributed by atoms with Crippen LogP contribution in [0.5, 0.6) is 11.5 Å². The number of fused-ring (bicyclic) bond motifs is 1. The zero-order chi connectivity index (χ0) is 19.5. The molecule has 28 heavy (non-hydrogen) atoms. The number of rotatable bonds is 5. The van der Waals surface area contributed by atoms with Gasteiger partial charge in [0.05, 0.1) is 12.5 Å². The van der Waals surface area contributed by atoms with Gasteiger partial charge in [-0.05, 0) is 36.2 Å². The quantitative estimate of drug-likeness (QED) is 0.766. The van der Waals surface area contributed by atoms with Crippen molar-refractivity contribution in [3.63, 3.8) is 0 Å². The number of amides is 3. The molecule has 0 aromatic heterocycles. The van der Waals surface area contributed by atoms with Crippen LogP contribution in [0.3, 0.4) is 0 Å². The number of hydrogen-bond acceptors (Lipinski definition) is 5. The number of carbonyl (C=O) groups is 3. The summed E-state index contributed by atoms with van der Waals surface area (Å²) in [6, 6.07) is 14.5. The third-order valence-corrected chi connectivity index (χ3v) is 4.82. The molecule has 2 N–H and O–H groups in total. The second-order valence-corrected chi connectivity index (χ2v) is 6.92. The van der Waals surface area contributed by atoms with Gasteiger partial charge < -0.3 is 14.8 Å². The molecule has 2 aliphatic rings. The minimum Gasteiger partial charge on any atom is -0.486 e. The highest BCUT2D eigenvalue weighted by Crippen LogP contribution is 2.30. The van der Waals surface area contributed by atoms with E-state index in [4.69, 9.17) is 9.47 Å². The highest BCUT2D eigenvalue weighted by molar-refractivity contribution is 6.03. The summed E-state index contributed by atoms with van der Waals surface area (Å²) in [6.45, 7) is 0.706. The highest BCUT2D eigenvalue weighted by atomic mass is 16.6. The normalized spacial score (nSPS) is 20.6. The molecule has 0 saturated carbocycles. The molecule has 2 aromatic rings. The van der Waals surface area contributed by atoms with E-state index in [0.717, 1.165) is 5.56 Å². The first-order chi connectivity index (χ1) is 13.6. The van der Waals surface area contributed by atoms with Gasteiger partial charge in [-0.15, -0.1) is 0 Å². The van der Waals surface area contributed by atoms with Gasteiger partial charge in [0, 0.05) is 12.0 Å². The first kappa shape index (κ1) is 18.0. The first-order valence-corrected chi connectivity index (χ1v) is 9.18. The molecule has 4 rings (SSSR count). The second-order valence-electron chi connectivity index (χ2n) is 6.92. The van der Waals surface area contributed by atoms with Crippen molar-refractivity contribution in [3.8, 4) is 11.5 Å². The van der Waals surface area contributed by atoms with Crippen LogP contribution in [-0.2, 0) is 16.0 Å². The van der Waals surface area contributed by atoms with Gasteiger partial charge in [-0.1, -0.05) is 24.3 Å². The summed E-state index contributed by atoms with van der Waals surface area (Å²) in [5.41, 5.74) is 1.43. The van der Waals surface area contributed by atoms with Crippen molar-refractivity contribution in [2.45, 2.75) is 18.9 Å². The van der Waals surface area contributed by atoms with Crippen molar-refractivity contribution in [2.75, 3.05) is 13.2 Å². The Hall–Kier alpha value is -3.35. The average Bonchev–Trinajstić information content (AvgIpc) is 3.03. The molecule has 2 atom stereocenters. The minimum atomic E-state index is -0.335. The lowest BCUT2D eigenvalue weighted by atomic mass is 9.97. The maximum absolute atomic E-state index is 12.4. The van der Waals surface area contributed by atoms with Crippen LogP contribution >= 0.6 is 0 Å². The van der Waals surface area contributed by atoms with E-state index in [9.17, 15) is 14.4 Å². The van der Waals surface area contributed by atoms with Crippen LogP contribution in [0.25, 0.3) is 0 Å². The molecule has 7 heteroatoms. The maximum atomic E-state index is 12.4. The molecule has 1 fully saturated rings. The smallest absolute Gasteiger partial charge is 0.251 e. The van der Waals surface area contributed by atoms with E-state index in [1.165, 1.54) is 0 Å². The third-order valence-electron chi connectivity index (χ3n) is 4.82. The number of benzene rings is 2. The summed E-state index contributed by atoms with van der Waals surface area (Å²) < 4.78 is 11.5. The van der Waals surface area contributed by atoms with Crippen molar-refractivity contribution in [2.24, 2.45) is 5.92 Å². The molecule has 0 radical (unpaired) electrons. The average molecular weight is 380 g/mol. The summed E-state index contributed by atoms with van der Waals surface area (Å²) in [5.74, 6) is 0.372. The molecule has 3 amide bonds. The maximum Gasteiger partial charge on any atom is 0.251 e. The van der Waals surface area contributed by atoms with E-state index >= 15 is 0 Å². The van der Waals surface area contributed by atoms with Crippen LogP contribution in [0.15, 0.2) is 48.5 Å². The van der Waals surface area contributed by atoms with E-state index in [-0.39, 0.29) is 36.2 Å². The van der Waals surface area contributed by atoms with Gasteiger partial charge in [0.15, 0.2) is 11.5 Å². The number of carbonyl (C=O) groups excluding carboxylic acids is 3. The van der Waals surface area contributed by atoms with Gasteiger partial charge >= 0.3 is 0 Å². The molecule has 2 aromatic carbocycles. The molecule has 0 spiro atoms. The van der Waals surface area contributed by atoms with Crippen molar-refractivity contribution in [1.82, 2.24) is 10.6 Å². The molecule has 2 aliphatic heterocycles. The fraction of sp³-hybridized carbons (Fsp3) is 0.286. The summed E-state index contributed by atoms with van der Waals surface area (Å²) in [5, 5.41) is 5.16. The fourth-order valence-corrected chi connectivity index (χ4v) is 3.32. The van der Waals surface area contributed by atoms with Crippen LogP contribution in [0, 0.1) is 5.92 Å². The van der Waals surface area contributed by atoms with E-state index in [1.54, 1.807) is 24.3 Å². The summed E-state index contributed by atoms with van der Waals surface area (Å²) in [7, 11) is 0. The Morgan fingerprint density at radius 1 is 1.07 bits per heavy atom. The van der Waals surface area contributed by atoms with E-state index in [0.29, 0.717) is 36.6 Å². The third kappa shape index (κ3) is 3.98.